The quantitative estimate of drug-likeness (QED) is 0.288. The maximum absolute atomic E-state index is 14.8. The molecule has 2 N–H and O–H groups in total. The van der Waals surface area contributed by atoms with Crippen LogP contribution >= 0.6 is 0 Å². The molecule has 54 heavy (non-hydrogen) atoms. The predicted octanol–water partition coefficient (Wildman–Crippen LogP) is 5.65. The summed E-state index contributed by atoms with van der Waals surface area (Å²) >= 11 is 0. The van der Waals surface area contributed by atoms with Gasteiger partial charge in [-0.1, -0.05) is 32.3 Å². The molecule has 4 heterocycles. The van der Waals surface area contributed by atoms with Crippen LogP contribution < -0.4 is 9.46 Å². The molecular weight excluding hydrogens is 705 g/mol. The lowest BCUT2D eigenvalue weighted by molar-refractivity contribution is -0.151. The molecule has 1 aromatic carbocycles. The molecule has 2 amide bonds. The molecule has 3 fully saturated rings. The van der Waals surface area contributed by atoms with Crippen LogP contribution in [0.1, 0.15) is 116 Å². The Morgan fingerprint density at radius 3 is 2.37 bits per heavy atom. The minimum Gasteiger partial charge on any atom is -0.496 e. The minimum absolute atomic E-state index is 0.0376. The molecule has 296 valence electrons. The summed E-state index contributed by atoms with van der Waals surface area (Å²) in [6.45, 7) is 8.77. The van der Waals surface area contributed by atoms with Crippen LogP contribution in [0.2, 0.25) is 0 Å². The topological polar surface area (TPSA) is 129 Å². The number of aromatic amines is 1. The smallest absolute Gasteiger partial charge is 0.303 e. The van der Waals surface area contributed by atoms with Crippen LogP contribution in [0.25, 0.3) is 10.9 Å². The molecule has 13 heteroatoms. The molecule has 2 aliphatic heterocycles. The van der Waals surface area contributed by atoms with E-state index in [0.29, 0.717) is 32.0 Å². The van der Waals surface area contributed by atoms with Crippen LogP contribution in [0.4, 0.5) is 0 Å². The second kappa shape index (κ2) is 15.3. The van der Waals surface area contributed by atoms with Crippen LogP contribution in [0.15, 0.2) is 24.4 Å². The van der Waals surface area contributed by atoms with Crippen molar-refractivity contribution >= 4 is 32.9 Å². The van der Waals surface area contributed by atoms with Crippen molar-refractivity contribution in [2.45, 2.75) is 102 Å². The summed E-state index contributed by atoms with van der Waals surface area (Å²) < 4.78 is 43.6. The van der Waals surface area contributed by atoms with E-state index in [2.05, 4.69) is 58.4 Å². The first-order valence-electron chi connectivity index (χ1n) is 19.9. The van der Waals surface area contributed by atoms with Gasteiger partial charge in [-0.15, -0.1) is 0 Å². The standard InChI is InChI=1S/C41H60N6O6S/c1-24(20-44(4)5)29-16-31-30(17-32(29)41(49)46-21-25(2)53-26(3)22-46)34-19-42-38(40(48)43-54(50,51)45(6)7)35(34)23-47-36(31)18-33-37(52-8)15-14-28(39(33)47)27-12-10-9-11-13-27/h14-15,18-19,24-27,29-32,42H,9-13,16-17,20-23H2,1-8H3,(H,43,48)/t24?,25-,26+,29?,30?,31-,32-/m1/s1. The first-order chi connectivity index (χ1) is 25.7. The van der Waals surface area contributed by atoms with Gasteiger partial charge < -0.3 is 28.8 Å². The Morgan fingerprint density at radius 1 is 1.02 bits per heavy atom. The zero-order chi connectivity index (χ0) is 38.6. The zero-order valence-electron chi connectivity index (χ0n) is 33.4. The van der Waals surface area contributed by atoms with Gasteiger partial charge in [-0.25, -0.2) is 4.72 Å². The Hall–Kier alpha value is -3.39. The van der Waals surface area contributed by atoms with Gasteiger partial charge in [0.2, 0.25) is 5.91 Å². The summed E-state index contributed by atoms with van der Waals surface area (Å²) in [5.74, 6) is 0.860. The maximum atomic E-state index is 14.8. The summed E-state index contributed by atoms with van der Waals surface area (Å²) in [5.41, 5.74) is 5.67. The van der Waals surface area contributed by atoms with Crippen molar-refractivity contribution in [3.8, 4) is 5.75 Å². The number of aromatic nitrogens is 2. The molecule has 0 radical (unpaired) electrons. The molecule has 0 spiro atoms. The summed E-state index contributed by atoms with van der Waals surface area (Å²) in [6.07, 6.45) is 9.18. The number of benzene rings is 1. The highest BCUT2D eigenvalue weighted by molar-refractivity contribution is 7.87. The van der Waals surface area contributed by atoms with Crippen LogP contribution in [0.3, 0.4) is 0 Å². The largest absolute Gasteiger partial charge is 0.496 e. The molecule has 2 aliphatic carbocycles. The monoisotopic (exact) mass is 764 g/mol. The lowest BCUT2D eigenvalue weighted by Crippen LogP contribution is -2.53. The van der Waals surface area contributed by atoms with Gasteiger partial charge in [0, 0.05) is 68.4 Å². The molecule has 7 rings (SSSR count). The van der Waals surface area contributed by atoms with Crippen molar-refractivity contribution in [1.82, 2.24) is 28.4 Å². The summed E-state index contributed by atoms with van der Waals surface area (Å²) in [7, 11) is 4.68. The Balaban J connectivity index is 1.41. The molecule has 12 nitrogen and oxygen atoms in total. The molecule has 3 unspecified atom stereocenters. The minimum atomic E-state index is -4.04. The fourth-order valence-corrected chi connectivity index (χ4v) is 11.0. The third-order valence-corrected chi connectivity index (χ3v) is 14.3. The number of hydrogen-bond donors (Lipinski definition) is 2. The van der Waals surface area contributed by atoms with Crippen molar-refractivity contribution < 1.29 is 27.5 Å². The summed E-state index contributed by atoms with van der Waals surface area (Å²) in [4.78, 5) is 36.2. The Kier molecular flexibility index (Phi) is 11.0. The Morgan fingerprint density at radius 2 is 1.72 bits per heavy atom. The lowest BCUT2D eigenvalue weighted by Gasteiger charge is -2.46. The Labute approximate surface area is 321 Å². The highest BCUT2D eigenvalue weighted by Crippen LogP contribution is 2.55. The molecule has 4 aliphatic rings. The van der Waals surface area contributed by atoms with Crippen LogP contribution in [0, 0.1) is 17.8 Å². The fourth-order valence-electron chi connectivity index (χ4n) is 10.5. The number of nitrogens with one attached hydrogen (secondary N) is 2. The molecule has 1 saturated heterocycles. The molecule has 0 bridgehead atoms. The number of hydrogen-bond acceptors (Lipinski definition) is 7. The van der Waals surface area contributed by atoms with Gasteiger partial charge in [-0.3, -0.25) is 9.59 Å². The predicted molar refractivity (Wildman–Crippen MR) is 210 cm³/mol. The average molecular weight is 765 g/mol. The van der Waals surface area contributed by atoms with Gasteiger partial charge in [0.15, 0.2) is 0 Å². The van der Waals surface area contributed by atoms with E-state index >= 15 is 0 Å². The third kappa shape index (κ3) is 7.21. The number of fused-ring (bicyclic) bond motifs is 7. The number of morpholine rings is 1. The average Bonchev–Trinajstić information content (AvgIpc) is 3.69. The number of methoxy groups -OCH3 is 1. The molecule has 2 aromatic heterocycles. The highest BCUT2D eigenvalue weighted by atomic mass is 32.2. The van der Waals surface area contributed by atoms with Gasteiger partial charge in [0.05, 0.1) is 31.4 Å². The van der Waals surface area contributed by atoms with E-state index in [1.807, 2.05) is 24.9 Å². The van der Waals surface area contributed by atoms with Gasteiger partial charge >= 0.3 is 10.2 Å². The lowest BCUT2D eigenvalue weighted by atomic mass is 9.61. The number of carbonyl (C=O) groups is 2. The third-order valence-electron chi connectivity index (χ3n) is 12.9. The number of amides is 2. The summed E-state index contributed by atoms with van der Waals surface area (Å²) in [5, 5.41) is 1.07. The van der Waals surface area contributed by atoms with Crippen molar-refractivity contribution in [3.05, 3.63) is 52.5 Å². The number of rotatable bonds is 9. The molecule has 2 saturated carbocycles. The molecule has 3 aromatic rings. The van der Waals surface area contributed by atoms with E-state index in [4.69, 9.17) is 9.47 Å². The van der Waals surface area contributed by atoms with Crippen LogP contribution in [-0.2, 0) is 26.3 Å². The first kappa shape index (κ1) is 38.9. The maximum Gasteiger partial charge on any atom is 0.303 e. The summed E-state index contributed by atoms with van der Waals surface area (Å²) in [6, 6.07) is 6.67. The van der Waals surface area contributed by atoms with Crippen LogP contribution in [-0.4, -0.2) is 111 Å². The van der Waals surface area contributed by atoms with E-state index in [1.165, 1.54) is 44.6 Å². The number of ether oxygens (including phenoxy) is 2. The van der Waals surface area contributed by atoms with Crippen molar-refractivity contribution in [1.29, 1.82) is 0 Å². The first-order valence-corrected chi connectivity index (χ1v) is 21.4. The van der Waals surface area contributed by atoms with E-state index in [-0.39, 0.29) is 53.4 Å². The van der Waals surface area contributed by atoms with Gasteiger partial charge in [0.25, 0.3) is 5.91 Å². The second-order valence-electron chi connectivity index (χ2n) is 17.1. The number of carbonyl (C=O) groups excluding carboxylic acids is 2. The van der Waals surface area contributed by atoms with E-state index in [0.717, 1.165) is 57.9 Å². The normalized spacial score (nSPS) is 27.0. The van der Waals surface area contributed by atoms with Crippen molar-refractivity contribution in [2.75, 3.05) is 54.9 Å². The van der Waals surface area contributed by atoms with Gasteiger partial charge in [-0.05, 0) is 101 Å². The molecule has 7 atom stereocenters. The van der Waals surface area contributed by atoms with Crippen molar-refractivity contribution in [3.63, 3.8) is 0 Å². The number of H-pyrrole nitrogens is 1. The highest BCUT2D eigenvalue weighted by Gasteiger charge is 2.48. The van der Waals surface area contributed by atoms with E-state index < -0.39 is 16.1 Å². The van der Waals surface area contributed by atoms with E-state index in [9.17, 15) is 18.0 Å². The van der Waals surface area contributed by atoms with Crippen molar-refractivity contribution in [2.24, 2.45) is 17.8 Å². The fraction of sp³-hybridized carbons (Fsp3) is 0.659. The van der Waals surface area contributed by atoms with Gasteiger partial charge in [-0.2, -0.15) is 12.7 Å². The van der Waals surface area contributed by atoms with Gasteiger partial charge in [0.1, 0.15) is 11.4 Å². The second-order valence-corrected chi connectivity index (χ2v) is 19.0. The SMILES string of the molecule is COc1ccc(C2CCCCC2)c2c1cc1n2Cc2c(c[nH]c2C(=O)NS(=O)(=O)N(C)C)C2C[C@@H](C(=O)N3C[C@@H](C)O[C@@H](C)C3)C(C(C)CN(C)C)C[C@@H]12. The van der Waals surface area contributed by atoms with E-state index in [1.54, 1.807) is 7.11 Å². The molecular formula is C41H60N6O6S. The van der Waals surface area contributed by atoms with Crippen LogP contribution in [0.5, 0.6) is 5.75 Å². The zero-order valence-corrected chi connectivity index (χ0v) is 34.2. The Bertz CT molecular complexity index is 1970. The number of nitrogens with zero attached hydrogens (tertiary/aromatic N) is 4.